The molecule has 2 aromatic carbocycles. The lowest BCUT2D eigenvalue weighted by Gasteiger charge is -2.37. The van der Waals surface area contributed by atoms with Gasteiger partial charge in [0.05, 0.1) is 16.7 Å². The van der Waals surface area contributed by atoms with Crippen molar-refractivity contribution in [3.05, 3.63) is 59.3 Å². The zero-order valence-electron chi connectivity index (χ0n) is 16.5. The van der Waals surface area contributed by atoms with Crippen molar-refractivity contribution in [3.63, 3.8) is 0 Å². The van der Waals surface area contributed by atoms with Gasteiger partial charge in [-0.2, -0.15) is 0 Å². The Morgan fingerprint density at radius 1 is 0.938 bits per heavy atom. The Kier molecular flexibility index (Phi) is 4.24. The first-order valence-corrected chi connectivity index (χ1v) is 9.87. The Morgan fingerprint density at radius 2 is 1.56 bits per heavy atom. The molecule has 32 heavy (non-hydrogen) atoms. The monoisotopic (exact) mass is 441 g/mol. The number of carbonyl (C=O) groups is 3. The highest BCUT2D eigenvalue weighted by molar-refractivity contribution is 6.22. The normalized spacial score (nSPS) is 19.4. The summed E-state index contributed by atoms with van der Waals surface area (Å²) in [5, 5.41) is 24.4. The SMILES string of the molecule is O=C1NC(=O)C(O)(c2c[nH]c3cc(F)c(-c4ccc(C5(O)CCC5)cc4)c(F)c23)C(=O)N1. The van der Waals surface area contributed by atoms with Gasteiger partial charge >= 0.3 is 6.03 Å². The molecular weight excluding hydrogens is 424 g/mol. The number of nitrogens with one attached hydrogen (secondary N) is 3. The predicted octanol–water partition coefficient (Wildman–Crippen LogP) is 2.04. The molecule has 1 aliphatic heterocycles. The number of hydrogen-bond donors (Lipinski definition) is 5. The second-order valence-corrected chi connectivity index (χ2v) is 8.08. The zero-order chi connectivity index (χ0) is 22.8. The Bertz CT molecular complexity index is 1290. The number of barbiturate groups is 1. The van der Waals surface area contributed by atoms with Crippen LogP contribution in [0.15, 0.2) is 36.5 Å². The summed E-state index contributed by atoms with van der Waals surface area (Å²) in [6, 6.07) is 5.99. The highest BCUT2D eigenvalue weighted by Gasteiger charge is 2.52. The number of carbonyl (C=O) groups excluding carboxylic acids is 3. The van der Waals surface area contributed by atoms with E-state index in [4.69, 9.17) is 0 Å². The number of imide groups is 2. The Morgan fingerprint density at radius 3 is 2.12 bits per heavy atom. The number of halogens is 2. The molecule has 3 aromatic rings. The number of amides is 4. The number of rotatable bonds is 3. The van der Waals surface area contributed by atoms with E-state index in [0.29, 0.717) is 18.4 Å². The van der Waals surface area contributed by atoms with Gasteiger partial charge in [-0.25, -0.2) is 13.6 Å². The van der Waals surface area contributed by atoms with Crippen molar-refractivity contribution in [3.8, 4) is 11.1 Å². The van der Waals surface area contributed by atoms with Gasteiger partial charge in [0.2, 0.25) is 0 Å². The van der Waals surface area contributed by atoms with Gasteiger partial charge in [0, 0.05) is 17.1 Å². The summed E-state index contributed by atoms with van der Waals surface area (Å²) in [5.74, 6) is -4.71. The molecule has 10 heteroatoms. The van der Waals surface area contributed by atoms with Crippen LogP contribution in [0.1, 0.15) is 30.4 Å². The molecule has 5 rings (SSSR count). The van der Waals surface area contributed by atoms with Crippen LogP contribution in [0.4, 0.5) is 13.6 Å². The van der Waals surface area contributed by atoms with Crippen molar-refractivity contribution in [2.75, 3.05) is 0 Å². The molecule has 1 saturated carbocycles. The summed E-state index contributed by atoms with van der Waals surface area (Å²) in [4.78, 5) is 38.5. The first-order valence-electron chi connectivity index (χ1n) is 9.87. The maximum absolute atomic E-state index is 15.6. The minimum absolute atomic E-state index is 0.0925. The minimum Gasteiger partial charge on any atom is -0.385 e. The number of benzene rings is 2. The first kappa shape index (κ1) is 20.3. The second kappa shape index (κ2) is 6.68. The smallest absolute Gasteiger partial charge is 0.328 e. The number of fused-ring (bicyclic) bond motifs is 1. The number of aromatic amines is 1. The van der Waals surface area contributed by atoms with Crippen molar-refractivity contribution in [2.24, 2.45) is 0 Å². The lowest BCUT2D eigenvalue weighted by atomic mass is 9.75. The number of hydrogen-bond acceptors (Lipinski definition) is 5. The van der Waals surface area contributed by atoms with E-state index in [2.05, 4.69) is 4.98 Å². The maximum atomic E-state index is 15.6. The van der Waals surface area contributed by atoms with Crippen molar-refractivity contribution >= 4 is 28.7 Å². The predicted molar refractivity (Wildman–Crippen MR) is 107 cm³/mol. The average Bonchev–Trinajstić information content (AvgIpc) is 3.15. The van der Waals surface area contributed by atoms with Crippen LogP contribution in [0.25, 0.3) is 22.0 Å². The van der Waals surface area contributed by atoms with E-state index in [1.165, 1.54) is 12.1 Å². The van der Waals surface area contributed by atoms with Crippen LogP contribution >= 0.6 is 0 Å². The van der Waals surface area contributed by atoms with Gasteiger partial charge in [0.1, 0.15) is 11.6 Å². The Labute approximate surface area is 179 Å². The zero-order valence-corrected chi connectivity index (χ0v) is 16.5. The average molecular weight is 441 g/mol. The molecular formula is C22H17F2N3O5. The number of urea groups is 1. The lowest BCUT2D eigenvalue weighted by Crippen LogP contribution is -2.64. The van der Waals surface area contributed by atoms with Crippen molar-refractivity contribution < 1.29 is 33.4 Å². The van der Waals surface area contributed by atoms with Crippen molar-refractivity contribution in [1.82, 2.24) is 15.6 Å². The molecule has 164 valence electrons. The van der Waals surface area contributed by atoms with Crippen LogP contribution in [-0.2, 0) is 20.8 Å². The molecule has 0 radical (unpaired) electrons. The summed E-state index contributed by atoms with van der Waals surface area (Å²) in [6.07, 6.45) is 3.13. The topological polar surface area (TPSA) is 132 Å². The minimum atomic E-state index is -2.90. The molecule has 5 N–H and O–H groups in total. The molecule has 1 aliphatic carbocycles. The fourth-order valence-electron chi connectivity index (χ4n) is 4.28. The van der Waals surface area contributed by atoms with E-state index in [1.807, 2.05) is 0 Å². The van der Waals surface area contributed by atoms with E-state index < -0.39 is 51.8 Å². The third-order valence-corrected chi connectivity index (χ3v) is 6.25. The molecule has 1 aromatic heterocycles. The van der Waals surface area contributed by atoms with Crippen LogP contribution < -0.4 is 10.6 Å². The third-order valence-electron chi connectivity index (χ3n) is 6.25. The highest BCUT2D eigenvalue weighted by Crippen LogP contribution is 2.42. The largest absolute Gasteiger partial charge is 0.385 e. The Balaban J connectivity index is 1.66. The molecule has 0 bridgehead atoms. The molecule has 4 amide bonds. The van der Waals surface area contributed by atoms with Crippen LogP contribution in [0.3, 0.4) is 0 Å². The van der Waals surface area contributed by atoms with Crippen LogP contribution in [0.2, 0.25) is 0 Å². The third kappa shape index (κ3) is 2.69. The summed E-state index contributed by atoms with van der Waals surface area (Å²) < 4.78 is 30.5. The van der Waals surface area contributed by atoms with Crippen molar-refractivity contribution in [1.29, 1.82) is 0 Å². The molecule has 0 spiro atoms. The van der Waals surface area contributed by atoms with Crippen molar-refractivity contribution in [2.45, 2.75) is 30.5 Å². The fourth-order valence-corrected chi connectivity index (χ4v) is 4.28. The summed E-state index contributed by atoms with van der Waals surface area (Å²) >= 11 is 0. The second-order valence-electron chi connectivity index (χ2n) is 8.08. The molecule has 8 nitrogen and oxygen atoms in total. The van der Waals surface area contributed by atoms with Gasteiger partial charge in [0.25, 0.3) is 17.4 Å². The van der Waals surface area contributed by atoms with E-state index in [1.54, 1.807) is 22.8 Å². The van der Waals surface area contributed by atoms with E-state index in [9.17, 15) is 29.0 Å². The van der Waals surface area contributed by atoms with E-state index >= 15 is 4.39 Å². The van der Waals surface area contributed by atoms with Crippen LogP contribution in [-0.4, -0.2) is 33.0 Å². The molecule has 2 fully saturated rings. The number of H-pyrrole nitrogens is 1. The van der Waals surface area contributed by atoms with E-state index in [-0.39, 0.29) is 16.5 Å². The lowest BCUT2D eigenvalue weighted by molar-refractivity contribution is -0.155. The fraction of sp³-hybridized carbons (Fsp3) is 0.227. The van der Waals surface area contributed by atoms with Gasteiger partial charge in [-0.05, 0) is 36.5 Å². The Hall–Kier alpha value is -3.63. The van der Waals surface area contributed by atoms with Crippen LogP contribution in [0, 0.1) is 11.6 Å². The quantitative estimate of drug-likeness (QED) is 0.397. The molecule has 2 heterocycles. The standard InChI is InChI=1S/C22H17F2N3O5/c23-13-8-14-16(12(9-25-14)22(32)18(28)26-20(30)27-19(22)29)17(24)15(13)10-2-4-11(5-3-10)21(31)6-1-7-21/h2-5,8-9,25,31-32H,1,6-7H2,(H2,26,27,28,29,30). The van der Waals surface area contributed by atoms with E-state index in [0.717, 1.165) is 18.7 Å². The molecule has 2 aliphatic rings. The number of aliphatic hydroxyl groups is 2. The molecule has 0 atom stereocenters. The summed E-state index contributed by atoms with van der Waals surface area (Å²) in [6.45, 7) is 0. The molecule has 1 saturated heterocycles. The molecule has 0 unspecified atom stereocenters. The van der Waals surface area contributed by atoms with Gasteiger partial charge in [-0.1, -0.05) is 24.3 Å². The van der Waals surface area contributed by atoms with Gasteiger partial charge in [0.15, 0.2) is 0 Å². The highest BCUT2D eigenvalue weighted by atomic mass is 19.1. The maximum Gasteiger partial charge on any atom is 0.328 e. The number of aromatic nitrogens is 1. The van der Waals surface area contributed by atoms with Gasteiger partial charge in [-0.3, -0.25) is 20.2 Å². The van der Waals surface area contributed by atoms with Gasteiger partial charge < -0.3 is 15.2 Å². The summed E-state index contributed by atoms with van der Waals surface area (Å²) in [7, 11) is 0. The van der Waals surface area contributed by atoms with Gasteiger partial charge in [-0.15, -0.1) is 0 Å². The van der Waals surface area contributed by atoms with Crippen LogP contribution in [0.5, 0.6) is 0 Å². The summed E-state index contributed by atoms with van der Waals surface area (Å²) in [5.41, 5.74) is -4.01. The first-order chi connectivity index (χ1) is 15.1.